The number of hydrogen-bond donors (Lipinski definition) is 1. The number of anilines is 1. The first-order chi connectivity index (χ1) is 8.58. The summed E-state index contributed by atoms with van der Waals surface area (Å²) >= 11 is 4.91. The molecule has 4 nitrogen and oxygen atoms in total. The molecule has 0 aromatic carbocycles. The van der Waals surface area contributed by atoms with Crippen LogP contribution in [0.25, 0.3) is 0 Å². The Kier molecular flexibility index (Phi) is 4.14. The van der Waals surface area contributed by atoms with Crippen molar-refractivity contribution in [2.24, 2.45) is 5.73 Å². The SMILES string of the molecule is CN1CCC(N(C)c2ccc(C(N)=S)nc2)CC1. The molecule has 18 heavy (non-hydrogen) atoms. The zero-order chi connectivity index (χ0) is 13.1. The summed E-state index contributed by atoms with van der Waals surface area (Å²) in [5.41, 5.74) is 7.36. The highest BCUT2D eigenvalue weighted by atomic mass is 32.1. The average Bonchev–Trinajstić information content (AvgIpc) is 2.39. The van der Waals surface area contributed by atoms with Crippen molar-refractivity contribution in [2.45, 2.75) is 18.9 Å². The summed E-state index contributed by atoms with van der Waals surface area (Å²) < 4.78 is 0. The molecule has 2 N–H and O–H groups in total. The molecular weight excluding hydrogens is 244 g/mol. The van der Waals surface area contributed by atoms with Crippen LogP contribution in [0.5, 0.6) is 0 Å². The predicted octanol–water partition coefficient (Wildman–Crippen LogP) is 1.25. The fraction of sp³-hybridized carbons (Fsp3) is 0.538. The molecule has 0 saturated carbocycles. The number of pyridine rings is 1. The third-order valence-electron chi connectivity index (χ3n) is 3.64. The van der Waals surface area contributed by atoms with Crippen LogP contribution >= 0.6 is 12.2 Å². The van der Waals surface area contributed by atoms with Gasteiger partial charge in [0.2, 0.25) is 0 Å². The van der Waals surface area contributed by atoms with Gasteiger partial charge in [-0.1, -0.05) is 12.2 Å². The fourth-order valence-corrected chi connectivity index (χ4v) is 2.45. The quantitative estimate of drug-likeness (QED) is 0.832. The first-order valence-corrected chi connectivity index (χ1v) is 6.66. The van der Waals surface area contributed by atoms with Crippen LogP contribution in [0.15, 0.2) is 18.3 Å². The third kappa shape index (κ3) is 2.97. The highest BCUT2D eigenvalue weighted by Gasteiger charge is 2.20. The Labute approximate surface area is 114 Å². The largest absolute Gasteiger partial charge is 0.388 e. The van der Waals surface area contributed by atoms with E-state index in [0.717, 1.165) is 18.8 Å². The predicted molar refractivity (Wildman–Crippen MR) is 79.0 cm³/mol. The third-order valence-corrected chi connectivity index (χ3v) is 3.85. The summed E-state index contributed by atoms with van der Waals surface area (Å²) in [4.78, 5) is 9.32. The molecule has 1 aromatic rings. The number of likely N-dealkylation sites (tertiary alicyclic amines) is 1. The van der Waals surface area contributed by atoms with E-state index >= 15 is 0 Å². The Balaban J connectivity index is 2.04. The zero-order valence-electron chi connectivity index (χ0n) is 11.0. The van der Waals surface area contributed by atoms with E-state index in [1.165, 1.54) is 12.8 Å². The van der Waals surface area contributed by atoms with E-state index in [0.29, 0.717) is 16.7 Å². The molecule has 0 spiro atoms. The molecule has 98 valence electrons. The number of thiocarbonyl (C=S) groups is 1. The standard InChI is InChI=1S/C13H20N4S/c1-16-7-5-10(6-8-16)17(2)11-3-4-12(13(14)18)15-9-11/h3-4,9-10H,5-8H2,1-2H3,(H2,14,18). The average molecular weight is 264 g/mol. The van der Waals surface area contributed by atoms with Crippen LogP contribution in [0, 0.1) is 0 Å². The summed E-state index contributed by atoms with van der Waals surface area (Å²) in [5.74, 6) is 0. The number of nitrogens with zero attached hydrogens (tertiary/aromatic N) is 3. The summed E-state index contributed by atoms with van der Waals surface area (Å²) in [6.07, 6.45) is 4.25. The van der Waals surface area contributed by atoms with Gasteiger partial charge >= 0.3 is 0 Å². The molecule has 1 aromatic heterocycles. The van der Waals surface area contributed by atoms with E-state index < -0.39 is 0 Å². The van der Waals surface area contributed by atoms with Crippen molar-refractivity contribution in [3.05, 3.63) is 24.0 Å². The minimum atomic E-state index is 0.350. The lowest BCUT2D eigenvalue weighted by Crippen LogP contribution is -2.42. The summed E-state index contributed by atoms with van der Waals surface area (Å²) in [5, 5.41) is 0. The van der Waals surface area contributed by atoms with Crippen LogP contribution in [0.3, 0.4) is 0 Å². The van der Waals surface area contributed by atoms with Gasteiger partial charge in [0.25, 0.3) is 0 Å². The molecular formula is C13H20N4S. The van der Waals surface area contributed by atoms with Crippen molar-refractivity contribution in [3.63, 3.8) is 0 Å². The molecule has 1 fully saturated rings. The highest BCUT2D eigenvalue weighted by Crippen LogP contribution is 2.21. The van der Waals surface area contributed by atoms with Gasteiger partial charge in [-0.15, -0.1) is 0 Å². The Hall–Kier alpha value is -1.20. The number of rotatable bonds is 3. The van der Waals surface area contributed by atoms with Crippen LogP contribution in [0.1, 0.15) is 18.5 Å². The van der Waals surface area contributed by atoms with Crippen molar-refractivity contribution < 1.29 is 0 Å². The van der Waals surface area contributed by atoms with Gasteiger partial charge in [-0.05, 0) is 45.1 Å². The van der Waals surface area contributed by atoms with E-state index in [-0.39, 0.29) is 0 Å². The molecule has 5 heteroatoms. The monoisotopic (exact) mass is 264 g/mol. The van der Waals surface area contributed by atoms with Gasteiger partial charge in [0, 0.05) is 13.1 Å². The lowest BCUT2D eigenvalue weighted by atomic mass is 10.0. The van der Waals surface area contributed by atoms with Crippen LogP contribution in [-0.2, 0) is 0 Å². The second-order valence-corrected chi connectivity index (χ2v) is 5.35. The molecule has 2 rings (SSSR count). The summed E-state index contributed by atoms with van der Waals surface area (Å²) in [6.45, 7) is 2.32. The summed E-state index contributed by atoms with van der Waals surface area (Å²) in [7, 11) is 4.31. The van der Waals surface area contributed by atoms with Gasteiger partial charge in [-0.25, -0.2) is 0 Å². The van der Waals surface area contributed by atoms with E-state index in [2.05, 4.69) is 28.9 Å². The molecule has 1 saturated heterocycles. The van der Waals surface area contributed by atoms with Gasteiger partial charge in [0.05, 0.1) is 17.6 Å². The maximum atomic E-state index is 5.55. The topological polar surface area (TPSA) is 45.4 Å². The molecule has 0 aliphatic carbocycles. The number of aromatic nitrogens is 1. The van der Waals surface area contributed by atoms with Crippen LogP contribution in [0.2, 0.25) is 0 Å². The van der Waals surface area contributed by atoms with E-state index in [1.807, 2.05) is 18.3 Å². The van der Waals surface area contributed by atoms with Gasteiger partial charge in [-0.2, -0.15) is 0 Å². The maximum Gasteiger partial charge on any atom is 0.122 e. The highest BCUT2D eigenvalue weighted by molar-refractivity contribution is 7.80. The Morgan fingerprint density at radius 3 is 2.61 bits per heavy atom. The minimum Gasteiger partial charge on any atom is -0.388 e. The Morgan fingerprint density at radius 2 is 2.11 bits per heavy atom. The molecule has 0 atom stereocenters. The lowest BCUT2D eigenvalue weighted by molar-refractivity contribution is 0.253. The molecule has 0 amide bonds. The second kappa shape index (κ2) is 5.63. The molecule has 0 unspecified atom stereocenters. The van der Waals surface area contributed by atoms with Crippen molar-refractivity contribution in [3.8, 4) is 0 Å². The van der Waals surface area contributed by atoms with Crippen LogP contribution < -0.4 is 10.6 Å². The van der Waals surface area contributed by atoms with Crippen LogP contribution in [-0.4, -0.2) is 48.1 Å². The van der Waals surface area contributed by atoms with E-state index in [9.17, 15) is 0 Å². The molecule has 0 radical (unpaired) electrons. The van der Waals surface area contributed by atoms with Gasteiger partial charge < -0.3 is 15.5 Å². The van der Waals surface area contributed by atoms with Gasteiger partial charge in [0.15, 0.2) is 0 Å². The molecule has 0 bridgehead atoms. The first-order valence-electron chi connectivity index (χ1n) is 6.25. The van der Waals surface area contributed by atoms with Crippen LogP contribution in [0.4, 0.5) is 5.69 Å². The van der Waals surface area contributed by atoms with Crippen molar-refractivity contribution in [1.29, 1.82) is 0 Å². The molecule has 1 aliphatic heterocycles. The smallest absolute Gasteiger partial charge is 0.122 e. The van der Waals surface area contributed by atoms with Crippen molar-refractivity contribution >= 4 is 22.9 Å². The lowest BCUT2D eigenvalue weighted by Gasteiger charge is -2.36. The molecule has 2 heterocycles. The minimum absolute atomic E-state index is 0.350. The number of piperidine rings is 1. The van der Waals surface area contributed by atoms with Crippen molar-refractivity contribution in [2.75, 3.05) is 32.1 Å². The normalized spacial score (nSPS) is 17.7. The number of hydrogen-bond acceptors (Lipinski definition) is 4. The number of nitrogens with two attached hydrogens (primary N) is 1. The Morgan fingerprint density at radius 1 is 1.44 bits per heavy atom. The van der Waals surface area contributed by atoms with E-state index in [1.54, 1.807) is 0 Å². The van der Waals surface area contributed by atoms with E-state index in [4.69, 9.17) is 18.0 Å². The fourth-order valence-electron chi connectivity index (χ4n) is 2.33. The first kappa shape index (κ1) is 13.2. The summed E-state index contributed by atoms with van der Waals surface area (Å²) in [6, 6.07) is 4.53. The maximum absolute atomic E-state index is 5.55. The molecule has 1 aliphatic rings. The second-order valence-electron chi connectivity index (χ2n) is 4.91. The zero-order valence-corrected chi connectivity index (χ0v) is 11.8. The Bertz CT molecular complexity index is 410. The van der Waals surface area contributed by atoms with Crippen molar-refractivity contribution in [1.82, 2.24) is 9.88 Å². The van der Waals surface area contributed by atoms with Gasteiger partial charge in [0.1, 0.15) is 4.99 Å². The van der Waals surface area contributed by atoms with Gasteiger partial charge in [-0.3, -0.25) is 4.98 Å².